The topological polar surface area (TPSA) is 35.5 Å². The summed E-state index contributed by atoms with van der Waals surface area (Å²) in [6.45, 7) is 3.00. The summed E-state index contributed by atoms with van der Waals surface area (Å²) in [5, 5.41) is 0. The first-order valence-corrected chi connectivity index (χ1v) is 5.06. The summed E-state index contributed by atoms with van der Waals surface area (Å²) >= 11 is 0. The van der Waals surface area contributed by atoms with E-state index in [0.717, 1.165) is 19.0 Å². The van der Waals surface area contributed by atoms with E-state index >= 15 is 0 Å². The van der Waals surface area contributed by atoms with Crippen LogP contribution in [0.2, 0.25) is 0 Å². The summed E-state index contributed by atoms with van der Waals surface area (Å²) in [5.41, 5.74) is 0. The van der Waals surface area contributed by atoms with Crippen LogP contribution in [-0.4, -0.2) is 32.0 Å². The molecule has 4 heteroatoms. The number of ether oxygens (including phenoxy) is 2. The zero-order valence-corrected chi connectivity index (χ0v) is 8.70. The first kappa shape index (κ1) is 11.9. The Labute approximate surface area is 76.0 Å². The zero-order chi connectivity index (χ0) is 9.23. The van der Waals surface area contributed by atoms with Crippen LogP contribution in [0.3, 0.4) is 0 Å². The Balaban J connectivity index is 3.08. The molecular weight excluding hydrogens is 175 g/mol. The molecule has 0 fully saturated rings. The SMILES string of the molecule is CCOCC(=O)OCCCCP. The van der Waals surface area contributed by atoms with Gasteiger partial charge in [0, 0.05) is 6.61 Å². The minimum Gasteiger partial charge on any atom is -0.464 e. The summed E-state index contributed by atoms with van der Waals surface area (Å²) in [6, 6.07) is 0. The number of hydrogen-bond acceptors (Lipinski definition) is 3. The van der Waals surface area contributed by atoms with Crippen molar-refractivity contribution in [3.05, 3.63) is 0 Å². The molecule has 0 aliphatic carbocycles. The Morgan fingerprint density at radius 2 is 2.17 bits per heavy atom. The van der Waals surface area contributed by atoms with Crippen molar-refractivity contribution in [3.63, 3.8) is 0 Å². The summed E-state index contributed by atoms with van der Waals surface area (Å²) in [7, 11) is 2.64. The Kier molecular flexibility index (Phi) is 8.85. The molecule has 0 bridgehead atoms. The van der Waals surface area contributed by atoms with Gasteiger partial charge in [0.25, 0.3) is 0 Å². The van der Waals surface area contributed by atoms with E-state index in [9.17, 15) is 4.79 Å². The van der Waals surface area contributed by atoms with Gasteiger partial charge in [-0.05, 0) is 25.9 Å². The van der Waals surface area contributed by atoms with Gasteiger partial charge in [0.2, 0.25) is 0 Å². The molecule has 0 spiro atoms. The standard InChI is InChI=1S/C8H17O3P/c1-2-10-7-8(9)11-5-3-4-6-12/h2-7,12H2,1H3. The lowest BCUT2D eigenvalue weighted by Gasteiger charge is -2.03. The van der Waals surface area contributed by atoms with Crippen molar-refractivity contribution in [2.75, 3.05) is 26.0 Å². The average Bonchev–Trinajstić information content (AvgIpc) is 2.09. The molecule has 0 radical (unpaired) electrons. The van der Waals surface area contributed by atoms with Crippen LogP contribution in [0.5, 0.6) is 0 Å². The average molecular weight is 192 g/mol. The number of carbonyl (C=O) groups excluding carboxylic acids is 1. The van der Waals surface area contributed by atoms with E-state index in [2.05, 4.69) is 9.24 Å². The molecule has 3 nitrogen and oxygen atoms in total. The van der Waals surface area contributed by atoms with E-state index < -0.39 is 0 Å². The molecule has 0 rings (SSSR count). The molecule has 72 valence electrons. The third-order valence-corrected chi connectivity index (χ3v) is 1.69. The highest BCUT2D eigenvalue weighted by Crippen LogP contribution is 1.94. The van der Waals surface area contributed by atoms with Crippen LogP contribution >= 0.6 is 9.24 Å². The van der Waals surface area contributed by atoms with Gasteiger partial charge in [0.15, 0.2) is 0 Å². The Morgan fingerprint density at radius 1 is 1.42 bits per heavy atom. The molecule has 0 saturated carbocycles. The summed E-state index contributed by atoms with van der Waals surface area (Å²) < 4.78 is 9.75. The van der Waals surface area contributed by atoms with Gasteiger partial charge in [-0.15, -0.1) is 9.24 Å². The maximum absolute atomic E-state index is 10.8. The number of esters is 1. The highest BCUT2D eigenvalue weighted by atomic mass is 31.0. The number of unbranched alkanes of at least 4 members (excludes halogenated alkanes) is 1. The minimum atomic E-state index is -0.263. The third kappa shape index (κ3) is 7.96. The van der Waals surface area contributed by atoms with E-state index in [0.29, 0.717) is 13.2 Å². The first-order valence-electron chi connectivity index (χ1n) is 4.24. The van der Waals surface area contributed by atoms with Crippen LogP contribution in [0.25, 0.3) is 0 Å². The van der Waals surface area contributed by atoms with Crippen molar-refractivity contribution >= 4 is 15.2 Å². The molecule has 0 N–H and O–H groups in total. The lowest BCUT2D eigenvalue weighted by molar-refractivity contribution is -0.148. The second kappa shape index (κ2) is 8.95. The van der Waals surface area contributed by atoms with Crippen LogP contribution in [0.15, 0.2) is 0 Å². The molecule has 1 atom stereocenters. The van der Waals surface area contributed by atoms with Crippen molar-refractivity contribution < 1.29 is 14.3 Å². The second-order valence-electron chi connectivity index (χ2n) is 2.35. The molecule has 0 saturated heterocycles. The molecule has 12 heavy (non-hydrogen) atoms. The Hall–Kier alpha value is -0.140. The summed E-state index contributed by atoms with van der Waals surface area (Å²) in [5.74, 6) is -0.263. The highest BCUT2D eigenvalue weighted by molar-refractivity contribution is 7.16. The quantitative estimate of drug-likeness (QED) is 0.345. The maximum atomic E-state index is 10.8. The molecule has 0 aromatic carbocycles. The van der Waals surface area contributed by atoms with Crippen molar-refractivity contribution in [3.8, 4) is 0 Å². The fraction of sp³-hybridized carbons (Fsp3) is 0.875. The Bertz CT molecular complexity index is 117. The molecule has 0 aromatic rings. The van der Waals surface area contributed by atoms with Crippen molar-refractivity contribution in [2.45, 2.75) is 19.8 Å². The molecule has 0 heterocycles. The number of carbonyl (C=O) groups is 1. The van der Waals surface area contributed by atoms with Gasteiger partial charge in [-0.3, -0.25) is 0 Å². The lowest BCUT2D eigenvalue weighted by atomic mass is 10.4. The summed E-state index contributed by atoms with van der Waals surface area (Å²) in [4.78, 5) is 10.8. The van der Waals surface area contributed by atoms with Gasteiger partial charge >= 0.3 is 5.97 Å². The van der Waals surface area contributed by atoms with Crippen molar-refractivity contribution in [1.82, 2.24) is 0 Å². The lowest BCUT2D eigenvalue weighted by Crippen LogP contribution is -2.13. The zero-order valence-electron chi connectivity index (χ0n) is 7.54. The third-order valence-electron chi connectivity index (χ3n) is 1.29. The predicted octanol–water partition coefficient (Wildman–Crippen LogP) is 1.22. The number of hydrogen-bond donors (Lipinski definition) is 0. The first-order chi connectivity index (χ1) is 5.81. The molecule has 1 unspecified atom stereocenters. The van der Waals surface area contributed by atoms with Gasteiger partial charge in [-0.25, -0.2) is 4.79 Å². The van der Waals surface area contributed by atoms with Gasteiger partial charge in [-0.2, -0.15) is 0 Å². The van der Waals surface area contributed by atoms with Gasteiger partial charge in [0.1, 0.15) is 6.61 Å². The van der Waals surface area contributed by atoms with Crippen molar-refractivity contribution in [1.29, 1.82) is 0 Å². The molecule has 0 amide bonds. The monoisotopic (exact) mass is 192 g/mol. The van der Waals surface area contributed by atoms with E-state index in [1.165, 1.54) is 0 Å². The second-order valence-corrected chi connectivity index (χ2v) is 2.93. The van der Waals surface area contributed by atoms with Crippen LogP contribution in [0.4, 0.5) is 0 Å². The van der Waals surface area contributed by atoms with Crippen LogP contribution in [-0.2, 0) is 14.3 Å². The predicted molar refractivity (Wildman–Crippen MR) is 51.3 cm³/mol. The summed E-state index contributed by atoms with van der Waals surface area (Å²) in [6.07, 6.45) is 3.07. The smallest absolute Gasteiger partial charge is 0.332 e. The van der Waals surface area contributed by atoms with E-state index in [1.54, 1.807) is 0 Å². The maximum Gasteiger partial charge on any atom is 0.332 e. The molecule has 0 aromatic heterocycles. The minimum absolute atomic E-state index is 0.0807. The largest absolute Gasteiger partial charge is 0.464 e. The van der Waals surface area contributed by atoms with Gasteiger partial charge in [0.05, 0.1) is 6.61 Å². The highest BCUT2D eigenvalue weighted by Gasteiger charge is 2.00. The van der Waals surface area contributed by atoms with E-state index in [4.69, 9.17) is 9.47 Å². The van der Waals surface area contributed by atoms with Crippen molar-refractivity contribution in [2.24, 2.45) is 0 Å². The van der Waals surface area contributed by atoms with Gasteiger partial charge < -0.3 is 9.47 Å². The van der Waals surface area contributed by atoms with E-state index in [1.807, 2.05) is 6.92 Å². The normalized spacial score (nSPS) is 9.83. The van der Waals surface area contributed by atoms with Crippen LogP contribution in [0.1, 0.15) is 19.8 Å². The number of rotatable bonds is 7. The Morgan fingerprint density at radius 3 is 2.75 bits per heavy atom. The molecule has 0 aliphatic heterocycles. The van der Waals surface area contributed by atoms with Crippen LogP contribution in [0, 0.1) is 0 Å². The van der Waals surface area contributed by atoms with E-state index in [-0.39, 0.29) is 12.6 Å². The van der Waals surface area contributed by atoms with Crippen LogP contribution < -0.4 is 0 Å². The van der Waals surface area contributed by atoms with Gasteiger partial charge in [-0.1, -0.05) is 0 Å². The fourth-order valence-corrected chi connectivity index (χ4v) is 0.948. The molecule has 0 aliphatic rings. The molecular formula is C8H17O3P. The fourth-order valence-electron chi connectivity index (χ4n) is 0.659.